The minimum atomic E-state index is -0.167. The molecule has 0 atom stereocenters. The third-order valence-corrected chi connectivity index (χ3v) is 2.82. The predicted molar refractivity (Wildman–Crippen MR) is 59.6 cm³/mol. The van der Waals surface area contributed by atoms with Gasteiger partial charge in [-0.2, -0.15) is 0 Å². The molecule has 82 valence electrons. The third kappa shape index (κ3) is 2.19. The zero-order valence-corrected chi connectivity index (χ0v) is 9.36. The molecule has 0 amide bonds. The molecule has 0 aromatic carbocycles. The van der Waals surface area contributed by atoms with E-state index in [1.54, 1.807) is 6.20 Å². The standard InChI is InChI=1S/C12H18N2O/c1-11(2,13)7-12(8-15-9-12)10-4-3-5-14-6-10/h3-6H,7-9,13H2,1-2H3. The lowest BCUT2D eigenvalue weighted by atomic mass is 9.71. The van der Waals surface area contributed by atoms with E-state index in [9.17, 15) is 0 Å². The SMILES string of the molecule is CC(C)(N)CC1(c2cccnc2)COC1. The van der Waals surface area contributed by atoms with E-state index in [-0.39, 0.29) is 11.0 Å². The van der Waals surface area contributed by atoms with Gasteiger partial charge in [-0.05, 0) is 31.9 Å². The number of nitrogens with two attached hydrogens (primary N) is 1. The Hall–Kier alpha value is -0.930. The average molecular weight is 206 g/mol. The summed E-state index contributed by atoms with van der Waals surface area (Å²) in [5, 5.41) is 0. The molecule has 2 heterocycles. The Balaban J connectivity index is 2.23. The lowest BCUT2D eigenvalue weighted by Gasteiger charge is -2.45. The highest BCUT2D eigenvalue weighted by atomic mass is 16.5. The van der Waals surface area contributed by atoms with Crippen LogP contribution in [0.3, 0.4) is 0 Å². The number of hydrogen-bond donors (Lipinski definition) is 1. The highest BCUT2D eigenvalue weighted by Gasteiger charge is 2.43. The number of nitrogens with zero attached hydrogens (tertiary/aromatic N) is 1. The fraction of sp³-hybridized carbons (Fsp3) is 0.583. The first-order valence-electron chi connectivity index (χ1n) is 5.29. The van der Waals surface area contributed by atoms with Gasteiger partial charge >= 0.3 is 0 Å². The van der Waals surface area contributed by atoms with Crippen molar-refractivity contribution in [2.75, 3.05) is 13.2 Å². The van der Waals surface area contributed by atoms with E-state index in [0.29, 0.717) is 0 Å². The van der Waals surface area contributed by atoms with E-state index in [0.717, 1.165) is 19.6 Å². The molecule has 3 nitrogen and oxygen atoms in total. The molecule has 1 saturated heterocycles. The van der Waals surface area contributed by atoms with Crippen LogP contribution in [0, 0.1) is 0 Å². The summed E-state index contributed by atoms with van der Waals surface area (Å²) in [4.78, 5) is 4.17. The summed E-state index contributed by atoms with van der Waals surface area (Å²) in [6, 6.07) is 4.08. The van der Waals surface area contributed by atoms with E-state index < -0.39 is 0 Å². The van der Waals surface area contributed by atoms with Crippen LogP contribution in [-0.4, -0.2) is 23.7 Å². The molecule has 3 heteroatoms. The molecule has 1 aliphatic rings. The van der Waals surface area contributed by atoms with Crippen molar-refractivity contribution in [2.24, 2.45) is 5.73 Å². The summed E-state index contributed by atoms with van der Waals surface area (Å²) < 4.78 is 5.36. The molecule has 1 fully saturated rings. The Morgan fingerprint density at radius 3 is 2.67 bits per heavy atom. The lowest BCUT2D eigenvalue weighted by Crippen LogP contribution is -2.53. The smallest absolute Gasteiger partial charge is 0.0586 e. The Kier molecular flexibility index (Phi) is 2.52. The van der Waals surface area contributed by atoms with E-state index in [2.05, 4.69) is 24.9 Å². The van der Waals surface area contributed by atoms with Crippen LogP contribution >= 0.6 is 0 Å². The Labute approximate surface area is 90.7 Å². The van der Waals surface area contributed by atoms with Gasteiger partial charge in [0, 0.05) is 23.3 Å². The summed E-state index contributed by atoms with van der Waals surface area (Å²) in [6.45, 7) is 5.64. The largest absolute Gasteiger partial charge is 0.379 e. The van der Waals surface area contributed by atoms with Gasteiger partial charge in [0.25, 0.3) is 0 Å². The minimum Gasteiger partial charge on any atom is -0.379 e. The second-order valence-electron chi connectivity index (χ2n) is 5.18. The van der Waals surface area contributed by atoms with Crippen LogP contribution in [0.25, 0.3) is 0 Å². The van der Waals surface area contributed by atoms with Crippen LogP contribution in [0.5, 0.6) is 0 Å². The molecule has 0 unspecified atom stereocenters. The second kappa shape index (κ2) is 3.58. The summed E-state index contributed by atoms with van der Waals surface area (Å²) in [5.74, 6) is 0. The first-order chi connectivity index (χ1) is 7.02. The molecule has 0 spiro atoms. The molecular formula is C12H18N2O. The molecule has 0 bridgehead atoms. The summed E-state index contributed by atoms with van der Waals surface area (Å²) >= 11 is 0. The van der Waals surface area contributed by atoms with Gasteiger partial charge in [-0.1, -0.05) is 6.07 Å². The summed E-state index contributed by atoms with van der Waals surface area (Å²) in [6.07, 6.45) is 4.66. The van der Waals surface area contributed by atoms with E-state index in [1.807, 2.05) is 12.3 Å². The minimum absolute atomic E-state index is 0.0898. The highest BCUT2D eigenvalue weighted by Crippen LogP contribution is 2.38. The Bertz CT molecular complexity index is 325. The molecule has 2 N–H and O–H groups in total. The maximum atomic E-state index is 6.09. The van der Waals surface area contributed by atoms with Crippen LogP contribution in [0.2, 0.25) is 0 Å². The van der Waals surface area contributed by atoms with Crippen molar-refractivity contribution in [1.29, 1.82) is 0 Å². The first kappa shape index (κ1) is 10.6. The van der Waals surface area contributed by atoms with Crippen LogP contribution in [0.1, 0.15) is 25.8 Å². The fourth-order valence-corrected chi connectivity index (χ4v) is 2.27. The van der Waals surface area contributed by atoms with Gasteiger partial charge in [-0.3, -0.25) is 4.98 Å². The van der Waals surface area contributed by atoms with Crippen molar-refractivity contribution in [3.8, 4) is 0 Å². The molecule has 1 aliphatic heterocycles. The van der Waals surface area contributed by atoms with Gasteiger partial charge in [-0.15, -0.1) is 0 Å². The average Bonchev–Trinajstić information content (AvgIpc) is 2.11. The maximum Gasteiger partial charge on any atom is 0.0586 e. The van der Waals surface area contributed by atoms with Crippen molar-refractivity contribution in [2.45, 2.75) is 31.2 Å². The van der Waals surface area contributed by atoms with E-state index >= 15 is 0 Å². The molecule has 15 heavy (non-hydrogen) atoms. The molecule has 2 rings (SSSR count). The first-order valence-corrected chi connectivity index (χ1v) is 5.29. The summed E-state index contributed by atoms with van der Waals surface area (Å²) in [5.41, 5.74) is 7.26. The van der Waals surface area contributed by atoms with Gasteiger partial charge in [0.15, 0.2) is 0 Å². The normalized spacial score (nSPS) is 19.7. The van der Waals surface area contributed by atoms with Gasteiger partial charge in [-0.25, -0.2) is 0 Å². The monoisotopic (exact) mass is 206 g/mol. The van der Waals surface area contributed by atoms with E-state index in [1.165, 1.54) is 5.56 Å². The molecular weight excluding hydrogens is 188 g/mol. The van der Waals surface area contributed by atoms with Crippen molar-refractivity contribution in [3.05, 3.63) is 30.1 Å². The molecule has 0 saturated carbocycles. The van der Waals surface area contributed by atoms with Crippen LogP contribution in [0.4, 0.5) is 0 Å². The highest BCUT2D eigenvalue weighted by molar-refractivity contribution is 5.25. The van der Waals surface area contributed by atoms with Gasteiger partial charge in [0.1, 0.15) is 0 Å². The fourth-order valence-electron chi connectivity index (χ4n) is 2.27. The zero-order chi connectivity index (χ0) is 10.9. The van der Waals surface area contributed by atoms with Gasteiger partial charge in [0.05, 0.1) is 13.2 Å². The van der Waals surface area contributed by atoms with E-state index in [4.69, 9.17) is 10.5 Å². The second-order valence-corrected chi connectivity index (χ2v) is 5.18. The maximum absolute atomic E-state index is 6.09. The molecule has 0 aliphatic carbocycles. The van der Waals surface area contributed by atoms with Crippen molar-refractivity contribution < 1.29 is 4.74 Å². The number of ether oxygens (including phenoxy) is 1. The zero-order valence-electron chi connectivity index (χ0n) is 9.36. The van der Waals surface area contributed by atoms with Crippen LogP contribution < -0.4 is 5.73 Å². The van der Waals surface area contributed by atoms with Gasteiger partial charge < -0.3 is 10.5 Å². The third-order valence-electron chi connectivity index (χ3n) is 2.82. The Morgan fingerprint density at radius 2 is 2.27 bits per heavy atom. The van der Waals surface area contributed by atoms with Crippen molar-refractivity contribution >= 4 is 0 Å². The predicted octanol–water partition coefficient (Wildman–Crippen LogP) is 1.48. The number of hydrogen-bond acceptors (Lipinski definition) is 3. The molecule has 1 aromatic rings. The van der Waals surface area contributed by atoms with Crippen molar-refractivity contribution in [3.63, 3.8) is 0 Å². The molecule has 1 aromatic heterocycles. The quantitative estimate of drug-likeness (QED) is 0.814. The lowest BCUT2D eigenvalue weighted by molar-refractivity contribution is -0.0720. The number of pyridine rings is 1. The Morgan fingerprint density at radius 1 is 1.53 bits per heavy atom. The number of rotatable bonds is 3. The molecule has 0 radical (unpaired) electrons. The van der Waals surface area contributed by atoms with Gasteiger partial charge in [0.2, 0.25) is 0 Å². The van der Waals surface area contributed by atoms with Crippen LogP contribution in [-0.2, 0) is 10.2 Å². The number of aromatic nitrogens is 1. The topological polar surface area (TPSA) is 48.1 Å². The van der Waals surface area contributed by atoms with Crippen LogP contribution in [0.15, 0.2) is 24.5 Å². The van der Waals surface area contributed by atoms with Crippen molar-refractivity contribution in [1.82, 2.24) is 4.98 Å². The summed E-state index contributed by atoms with van der Waals surface area (Å²) in [7, 11) is 0.